The molecule has 0 atom stereocenters. The fourth-order valence-corrected chi connectivity index (χ4v) is 1.58. The van der Waals surface area contributed by atoms with Crippen LogP contribution in [-0.4, -0.2) is 34.9 Å². The van der Waals surface area contributed by atoms with Gasteiger partial charge in [-0.15, -0.1) is 0 Å². The summed E-state index contributed by atoms with van der Waals surface area (Å²) >= 11 is 0. The molecule has 0 aliphatic heterocycles. The Labute approximate surface area is 109 Å². The SMILES string of the molecule is CCNc1ncccc1C(=O)N(C)C(C)(C)CC. The number of hydrogen-bond acceptors (Lipinski definition) is 3. The van der Waals surface area contributed by atoms with Crippen LogP contribution in [0.4, 0.5) is 5.82 Å². The summed E-state index contributed by atoms with van der Waals surface area (Å²) < 4.78 is 0. The van der Waals surface area contributed by atoms with Crippen molar-refractivity contribution in [3.05, 3.63) is 23.9 Å². The zero-order valence-corrected chi connectivity index (χ0v) is 11.9. The molecular weight excluding hydrogens is 226 g/mol. The highest BCUT2D eigenvalue weighted by Crippen LogP contribution is 2.21. The van der Waals surface area contributed by atoms with Crippen LogP contribution in [0.25, 0.3) is 0 Å². The predicted octanol–water partition coefficient (Wildman–Crippen LogP) is 2.77. The van der Waals surface area contributed by atoms with Gasteiger partial charge >= 0.3 is 0 Å². The summed E-state index contributed by atoms with van der Waals surface area (Å²) in [5.41, 5.74) is 0.472. The van der Waals surface area contributed by atoms with Crippen LogP contribution in [0.1, 0.15) is 44.5 Å². The number of hydrogen-bond donors (Lipinski definition) is 1. The molecular formula is C14H23N3O. The third-order valence-corrected chi connectivity index (χ3v) is 3.46. The Morgan fingerprint density at radius 1 is 1.44 bits per heavy atom. The number of pyridine rings is 1. The van der Waals surface area contributed by atoms with Crippen LogP contribution in [0.5, 0.6) is 0 Å². The molecule has 0 spiro atoms. The first-order valence-electron chi connectivity index (χ1n) is 6.41. The quantitative estimate of drug-likeness (QED) is 0.872. The summed E-state index contributed by atoms with van der Waals surface area (Å²) in [5.74, 6) is 0.662. The van der Waals surface area contributed by atoms with Gasteiger partial charge in [0, 0.05) is 25.3 Å². The standard InChI is InChI=1S/C14H23N3O/c1-6-14(3,4)17(5)13(18)11-9-8-10-16-12(11)15-7-2/h8-10H,6-7H2,1-5H3,(H,15,16). The van der Waals surface area contributed by atoms with Gasteiger partial charge in [0.05, 0.1) is 5.56 Å². The van der Waals surface area contributed by atoms with Crippen LogP contribution in [0.2, 0.25) is 0 Å². The zero-order valence-electron chi connectivity index (χ0n) is 11.9. The van der Waals surface area contributed by atoms with Gasteiger partial charge in [0.15, 0.2) is 0 Å². The highest BCUT2D eigenvalue weighted by molar-refractivity contribution is 5.98. The number of nitrogens with zero attached hydrogens (tertiary/aromatic N) is 2. The Balaban J connectivity index is 3.04. The van der Waals surface area contributed by atoms with Gasteiger partial charge in [-0.05, 0) is 39.3 Å². The number of carbonyl (C=O) groups is 1. The Bertz CT molecular complexity index is 415. The second-order valence-electron chi connectivity index (χ2n) is 4.96. The lowest BCUT2D eigenvalue weighted by molar-refractivity contribution is 0.0621. The molecule has 1 N–H and O–H groups in total. The maximum absolute atomic E-state index is 12.5. The first-order chi connectivity index (χ1) is 8.44. The molecule has 0 saturated carbocycles. The van der Waals surface area contributed by atoms with Crippen molar-refractivity contribution >= 4 is 11.7 Å². The van der Waals surface area contributed by atoms with Crippen LogP contribution >= 0.6 is 0 Å². The number of rotatable bonds is 5. The largest absolute Gasteiger partial charge is 0.370 e. The monoisotopic (exact) mass is 249 g/mol. The maximum Gasteiger partial charge on any atom is 0.257 e. The van der Waals surface area contributed by atoms with Crippen molar-refractivity contribution in [1.82, 2.24) is 9.88 Å². The van der Waals surface area contributed by atoms with E-state index in [2.05, 4.69) is 31.1 Å². The minimum atomic E-state index is -0.156. The van der Waals surface area contributed by atoms with Crippen molar-refractivity contribution in [2.24, 2.45) is 0 Å². The molecule has 100 valence electrons. The number of anilines is 1. The lowest BCUT2D eigenvalue weighted by Gasteiger charge is -2.35. The van der Waals surface area contributed by atoms with E-state index in [9.17, 15) is 4.79 Å². The van der Waals surface area contributed by atoms with E-state index in [4.69, 9.17) is 0 Å². The molecule has 1 aromatic heterocycles. The highest BCUT2D eigenvalue weighted by atomic mass is 16.2. The molecule has 1 amide bonds. The van der Waals surface area contributed by atoms with Crippen LogP contribution in [-0.2, 0) is 0 Å². The van der Waals surface area contributed by atoms with Gasteiger partial charge < -0.3 is 10.2 Å². The van der Waals surface area contributed by atoms with Gasteiger partial charge in [-0.2, -0.15) is 0 Å². The van der Waals surface area contributed by atoms with Crippen molar-refractivity contribution in [2.75, 3.05) is 18.9 Å². The van der Waals surface area contributed by atoms with Crippen LogP contribution < -0.4 is 5.32 Å². The molecule has 1 aromatic rings. The third kappa shape index (κ3) is 3.00. The zero-order chi connectivity index (χ0) is 13.8. The first kappa shape index (κ1) is 14.5. The minimum Gasteiger partial charge on any atom is -0.370 e. The van der Waals surface area contributed by atoms with Crippen molar-refractivity contribution < 1.29 is 4.79 Å². The summed E-state index contributed by atoms with van der Waals surface area (Å²) in [7, 11) is 1.84. The van der Waals surface area contributed by atoms with E-state index in [0.29, 0.717) is 11.4 Å². The summed E-state index contributed by atoms with van der Waals surface area (Å²) in [6.07, 6.45) is 2.60. The second-order valence-corrected chi connectivity index (χ2v) is 4.96. The molecule has 0 aliphatic carbocycles. The molecule has 0 radical (unpaired) electrons. The summed E-state index contributed by atoms with van der Waals surface area (Å²) in [5, 5.41) is 3.12. The maximum atomic E-state index is 12.5. The Kier molecular flexibility index (Phi) is 4.70. The fourth-order valence-electron chi connectivity index (χ4n) is 1.58. The lowest BCUT2D eigenvalue weighted by atomic mass is 9.99. The number of nitrogens with one attached hydrogen (secondary N) is 1. The van der Waals surface area contributed by atoms with Gasteiger partial charge in [-0.1, -0.05) is 6.92 Å². The molecule has 1 heterocycles. The smallest absolute Gasteiger partial charge is 0.257 e. The van der Waals surface area contributed by atoms with Gasteiger partial charge in [0.1, 0.15) is 5.82 Å². The molecule has 0 unspecified atom stereocenters. The van der Waals surface area contributed by atoms with Gasteiger partial charge in [0.25, 0.3) is 5.91 Å². The normalized spacial score (nSPS) is 11.2. The fraction of sp³-hybridized carbons (Fsp3) is 0.571. The van der Waals surface area contributed by atoms with E-state index in [0.717, 1.165) is 13.0 Å². The highest BCUT2D eigenvalue weighted by Gasteiger charge is 2.27. The average Bonchev–Trinajstić information content (AvgIpc) is 2.38. The Morgan fingerprint density at radius 2 is 2.11 bits per heavy atom. The molecule has 0 aliphatic rings. The molecule has 0 fully saturated rings. The molecule has 18 heavy (non-hydrogen) atoms. The minimum absolute atomic E-state index is 0.00546. The average molecular weight is 249 g/mol. The first-order valence-corrected chi connectivity index (χ1v) is 6.41. The summed E-state index contributed by atoms with van der Waals surface area (Å²) in [6.45, 7) is 8.95. The lowest BCUT2D eigenvalue weighted by Crippen LogP contribution is -2.44. The van der Waals surface area contributed by atoms with Crippen molar-refractivity contribution in [1.29, 1.82) is 0 Å². The van der Waals surface area contributed by atoms with Gasteiger partial charge in [-0.3, -0.25) is 4.79 Å². The summed E-state index contributed by atoms with van der Waals surface area (Å²) in [4.78, 5) is 18.5. The summed E-state index contributed by atoms with van der Waals surface area (Å²) in [6, 6.07) is 3.61. The number of aromatic nitrogens is 1. The van der Waals surface area contributed by atoms with Crippen molar-refractivity contribution in [3.8, 4) is 0 Å². The number of amides is 1. The second kappa shape index (κ2) is 5.85. The van der Waals surface area contributed by atoms with Crippen LogP contribution in [0.3, 0.4) is 0 Å². The van der Waals surface area contributed by atoms with E-state index in [1.807, 2.05) is 20.0 Å². The third-order valence-electron chi connectivity index (χ3n) is 3.46. The van der Waals surface area contributed by atoms with Gasteiger partial charge in [-0.25, -0.2) is 4.98 Å². The predicted molar refractivity (Wildman–Crippen MR) is 74.9 cm³/mol. The molecule has 1 rings (SSSR count). The number of carbonyl (C=O) groups excluding carboxylic acids is 1. The van der Waals surface area contributed by atoms with E-state index in [-0.39, 0.29) is 11.4 Å². The molecule has 4 nitrogen and oxygen atoms in total. The van der Waals surface area contributed by atoms with Crippen molar-refractivity contribution in [3.63, 3.8) is 0 Å². The van der Waals surface area contributed by atoms with E-state index in [1.165, 1.54) is 0 Å². The van der Waals surface area contributed by atoms with Gasteiger partial charge in [0.2, 0.25) is 0 Å². The Hall–Kier alpha value is -1.58. The Morgan fingerprint density at radius 3 is 2.67 bits per heavy atom. The van der Waals surface area contributed by atoms with Crippen molar-refractivity contribution in [2.45, 2.75) is 39.7 Å². The van der Waals surface area contributed by atoms with Crippen LogP contribution in [0, 0.1) is 0 Å². The van der Waals surface area contributed by atoms with E-state index < -0.39 is 0 Å². The van der Waals surface area contributed by atoms with E-state index >= 15 is 0 Å². The van der Waals surface area contributed by atoms with E-state index in [1.54, 1.807) is 17.2 Å². The molecule has 4 heteroatoms. The molecule has 0 bridgehead atoms. The topological polar surface area (TPSA) is 45.2 Å². The molecule has 0 saturated heterocycles. The molecule has 0 aromatic carbocycles. The van der Waals surface area contributed by atoms with Crippen LogP contribution in [0.15, 0.2) is 18.3 Å².